The first-order chi connectivity index (χ1) is 13.1. The van der Waals surface area contributed by atoms with Gasteiger partial charge in [-0.1, -0.05) is 65.7 Å². The zero-order valence-electron chi connectivity index (χ0n) is 17.4. The average molecular weight is 379 g/mol. The van der Waals surface area contributed by atoms with Crippen molar-refractivity contribution in [2.24, 2.45) is 0 Å². The molecule has 0 radical (unpaired) electrons. The zero-order valence-corrected chi connectivity index (χ0v) is 17.4. The van der Waals surface area contributed by atoms with Crippen LogP contribution in [0.1, 0.15) is 95.3 Å². The molecule has 1 unspecified atom stereocenters. The number of benzene rings is 1. The van der Waals surface area contributed by atoms with Gasteiger partial charge in [-0.15, -0.1) is 0 Å². The molecule has 1 aromatic carbocycles. The largest absolute Gasteiger partial charge is 0.508 e. The Morgan fingerprint density at radius 2 is 1.56 bits per heavy atom. The van der Waals surface area contributed by atoms with Gasteiger partial charge in [0.05, 0.1) is 17.8 Å². The van der Waals surface area contributed by atoms with Crippen LogP contribution in [0.3, 0.4) is 0 Å². The molecule has 0 spiro atoms. The topological polar surface area (TPSA) is 55.8 Å². The summed E-state index contributed by atoms with van der Waals surface area (Å²) in [6, 6.07) is 6.11. The molecule has 0 saturated carbocycles. The first kappa shape index (κ1) is 23.5. The number of hydrogen-bond acceptors (Lipinski definition) is 4. The van der Waals surface area contributed by atoms with Crippen LogP contribution in [0, 0.1) is 0 Å². The van der Waals surface area contributed by atoms with Gasteiger partial charge in [-0.05, 0) is 43.5 Å². The lowest BCUT2D eigenvalue weighted by Crippen LogP contribution is -2.27. The van der Waals surface area contributed by atoms with Crippen molar-refractivity contribution in [1.29, 1.82) is 0 Å². The van der Waals surface area contributed by atoms with E-state index in [1.807, 2.05) is 0 Å². The minimum atomic E-state index is -0.375. The maximum Gasteiger partial charge on any atom is 0.338 e. The number of unbranched alkanes of at least 4 members (excludes halogenated alkanes) is 5. The van der Waals surface area contributed by atoms with Gasteiger partial charge >= 0.3 is 5.97 Å². The number of aromatic hydroxyl groups is 1. The number of esters is 1. The SMILES string of the molecule is CCCCCCCCC(CCC)O[C@@H](CC)COC(=O)c1ccc(O)cc1. The molecule has 1 aromatic rings. The Kier molecular flexibility index (Phi) is 12.6. The first-order valence-electron chi connectivity index (χ1n) is 10.7. The summed E-state index contributed by atoms with van der Waals surface area (Å²) in [5, 5.41) is 9.30. The molecule has 0 bridgehead atoms. The van der Waals surface area contributed by atoms with E-state index in [1.165, 1.54) is 50.7 Å². The summed E-state index contributed by atoms with van der Waals surface area (Å²) < 4.78 is 11.7. The summed E-state index contributed by atoms with van der Waals surface area (Å²) in [5.74, 6) is -0.238. The van der Waals surface area contributed by atoms with Crippen molar-refractivity contribution in [1.82, 2.24) is 0 Å². The highest BCUT2D eigenvalue weighted by Gasteiger charge is 2.17. The standard InChI is InChI=1S/C23H38O4/c1-4-7-8-9-10-11-13-22(12-5-2)27-21(6-3)18-26-23(25)19-14-16-20(24)17-15-19/h14-17,21-22,24H,4-13,18H2,1-3H3/t21-,22?/m0/s1. The van der Waals surface area contributed by atoms with Gasteiger partial charge in [0.25, 0.3) is 0 Å². The predicted molar refractivity (Wildman–Crippen MR) is 110 cm³/mol. The van der Waals surface area contributed by atoms with Gasteiger partial charge in [0.2, 0.25) is 0 Å². The van der Waals surface area contributed by atoms with Crippen molar-refractivity contribution in [3.8, 4) is 5.75 Å². The van der Waals surface area contributed by atoms with E-state index in [4.69, 9.17) is 9.47 Å². The molecule has 1 rings (SSSR count). The second kappa shape index (κ2) is 14.5. The second-order valence-electron chi connectivity index (χ2n) is 7.28. The van der Waals surface area contributed by atoms with Crippen LogP contribution in [-0.4, -0.2) is 29.9 Å². The van der Waals surface area contributed by atoms with Crippen molar-refractivity contribution in [2.75, 3.05) is 6.61 Å². The van der Waals surface area contributed by atoms with E-state index in [0.717, 1.165) is 25.7 Å². The molecule has 0 aliphatic heterocycles. The molecule has 0 amide bonds. The molecule has 27 heavy (non-hydrogen) atoms. The fraction of sp³-hybridized carbons (Fsp3) is 0.696. The smallest absolute Gasteiger partial charge is 0.338 e. The zero-order chi connectivity index (χ0) is 19.9. The molecular weight excluding hydrogens is 340 g/mol. The highest BCUT2D eigenvalue weighted by molar-refractivity contribution is 5.89. The molecule has 0 aliphatic rings. The Bertz CT molecular complexity index is 498. The third-order valence-electron chi connectivity index (χ3n) is 4.83. The lowest BCUT2D eigenvalue weighted by atomic mass is 10.0. The van der Waals surface area contributed by atoms with Gasteiger partial charge in [-0.25, -0.2) is 4.79 Å². The first-order valence-corrected chi connectivity index (χ1v) is 10.7. The van der Waals surface area contributed by atoms with Crippen LogP contribution in [0.5, 0.6) is 5.75 Å². The molecule has 0 aromatic heterocycles. The average Bonchev–Trinajstić information content (AvgIpc) is 2.67. The molecule has 154 valence electrons. The van der Waals surface area contributed by atoms with E-state index in [9.17, 15) is 9.90 Å². The van der Waals surface area contributed by atoms with Crippen molar-refractivity contribution in [3.63, 3.8) is 0 Å². The fourth-order valence-electron chi connectivity index (χ4n) is 3.13. The van der Waals surface area contributed by atoms with E-state index in [-0.39, 0.29) is 30.5 Å². The fourth-order valence-corrected chi connectivity index (χ4v) is 3.13. The van der Waals surface area contributed by atoms with Crippen LogP contribution in [0.2, 0.25) is 0 Å². The van der Waals surface area contributed by atoms with E-state index in [1.54, 1.807) is 12.1 Å². The quantitative estimate of drug-likeness (QED) is 0.289. The number of phenolic OH excluding ortho intramolecular Hbond substituents is 1. The van der Waals surface area contributed by atoms with Crippen LogP contribution in [0.25, 0.3) is 0 Å². The number of carbonyl (C=O) groups is 1. The van der Waals surface area contributed by atoms with Gasteiger partial charge in [0.1, 0.15) is 12.4 Å². The van der Waals surface area contributed by atoms with Crippen LogP contribution >= 0.6 is 0 Å². The van der Waals surface area contributed by atoms with Crippen LogP contribution in [0.15, 0.2) is 24.3 Å². The third-order valence-corrected chi connectivity index (χ3v) is 4.83. The number of rotatable bonds is 15. The van der Waals surface area contributed by atoms with Gasteiger partial charge < -0.3 is 14.6 Å². The minimum Gasteiger partial charge on any atom is -0.508 e. The normalized spacial score (nSPS) is 13.3. The van der Waals surface area contributed by atoms with Gasteiger partial charge in [-0.3, -0.25) is 0 Å². The van der Waals surface area contributed by atoms with Gasteiger partial charge in [0.15, 0.2) is 0 Å². The molecule has 2 atom stereocenters. The maximum atomic E-state index is 12.1. The molecule has 0 aliphatic carbocycles. The maximum absolute atomic E-state index is 12.1. The highest BCUT2D eigenvalue weighted by Crippen LogP contribution is 2.17. The predicted octanol–water partition coefficient (Wildman–Crippen LogP) is 6.26. The van der Waals surface area contributed by atoms with Gasteiger partial charge in [0, 0.05) is 0 Å². The van der Waals surface area contributed by atoms with Crippen LogP contribution < -0.4 is 0 Å². The van der Waals surface area contributed by atoms with E-state index >= 15 is 0 Å². The summed E-state index contributed by atoms with van der Waals surface area (Å²) in [5.41, 5.74) is 0.444. The van der Waals surface area contributed by atoms with Crippen molar-refractivity contribution >= 4 is 5.97 Å². The second-order valence-corrected chi connectivity index (χ2v) is 7.28. The molecule has 4 nitrogen and oxygen atoms in total. The summed E-state index contributed by atoms with van der Waals surface area (Å²) >= 11 is 0. The van der Waals surface area contributed by atoms with E-state index in [0.29, 0.717) is 5.56 Å². The minimum absolute atomic E-state index is 0.0669. The van der Waals surface area contributed by atoms with Crippen molar-refractivity contribution in [2.45, 2.75) is 97.2 Å². The van der Waals surface area contributed by atoms with Crippen LogP contribution in [-0.2, 0) is 9.47 Å². The molecule has 0 saturated heterocycles. The number of ether oxygens (including phenoxy) is 2. The molecular formula is C23H38O4. The Morgan fingerprint density at radius 1 is 0.889 bits per heavy atom. The third kappa shape index (κ3) is 10.4. The number of carbonyl (C=O) groups excluding carboxylic acids is 1. The summed E-state index contributed by atoms with van der Waals surface area (Å²) in [4.78, 5) is 12.1. The Labute approximate surface area is 165 Å². The Morgan fingerprint density at radius 3 is 2.19 bits per heavy atom. The van der Waals surface area contributed by atoms with E-state index in [2.05, 4.69) is 20.8 Å². The highest BCUT2D eigenvalue weighted by atomic mass is 16.6. The molecule has 4 heteroatoms. The number of phenols is 1. The molecule has 0 heterocycles. The Hall–Kier alpha value is -1.55. The number of hydrogen-bond donors (Lipinski definition) is 1. The Balaban J connectivity index is 2.38. The lowest BCUT2D eigenvalue weighted by molar-refractivity contribution is -0.0548. The molecule has 0 fully saturated rings. The van der Waals surface area contributed by atoms with Crippen molar-refractivity contribution in [3.05, 3.63) is 29.8 Å². The summed E-state index contributed by atoms with van der Waals surface area (Å²) in [6.07, 6.45) is 12.0. The van der Waals surface area contributed by atoms with Crippen LogP contribution in [0.4, 0.5) is 0 Å². The van der Waals surface area contributed by atoms with E-state index < -0.39 is 0 Å². The van der Waals surface area contributed by atoms with Gasteiger partial charge in [-0.2, -0.15) is 0 Å². The van der Waals surface area contributed by atoms with Crippen molar-refractivity contribution < 1.29 is 19.4 Å². The summed E-state index contributed by atoms with van der Waals surface area (Å²) in [6.45, 7) is 6.76. The molecule has 1 N–H and O–H groups in total. The summed E-state index contributed by atoms with van der Waals surface area (Å²) in [7, 11) is 0. The lowest BCUT2D eigenvalue weighted by Gasteiger charge is -2.24. The monoisotopic (exact) mass is 378 g/mol.